The molecule has 0 bridgehead atoms. The second kappa shape index (κ2) is 5.48. The lowest BCUT2D eigenvalue weighted by Crippen LogP contribution is -2.28. The normalized spacial score (nSPS) is 13.1. The fraction of sp³-hybridized carbons (Fsp3) is 0.833. The van der Waals surface area contributed by atoms with Gasteiger partial charge in [-0.1, -0.05) is 0 Å². The quantitative estimate of drug-likeness (QED) is 0.594. The second-order valence-electron chi connectivity index (χ2n) is 2.08. The van der Waals surface area contributed by atoms with Gasteiger partial charge in [-0.25, -0.2) is 0 Å². The highest BCUT2D eigenvalue weighted by atomic mass is 35.5. The molecule has 0 radical (unpaired) electrons. The maximum atomic E-state index is 8.45. The molecule has 0 amide bonds. The minimum Gasteiger partial charge on any atom is -0.395 e. The summed E-state index contributed by atoms with van der Waals surface area (Å²) in [5.41, 5.74) is 0. The Balaban J connectivity index is 3.39. The van der Waals surface area contributed by atoms with Crippen molar-refractivity contribution in [2.45, 2.75) is 5.38 Å². The minimum atomic E-state index is -0.475. The van der Waals surface area contributed by atoms with E-state index in [1.165, 1.54) is 0 Å². The molecular weight excluding hydrogens is 152 g/mol. The van der Waals surface area contributed by atoms with Gasteiger partial charge in [0, 0.05) is 13.1 Å². The zero-order chi connectivity index (χ0) is 7.98. The van der Waals surface area contributed by atoms with Crippen LogP contribution in [0.2, 0.25) is 0 Å². The molecule has 0 aromatic heterocycles. The Kier molecular flexibility index (Phi) is 5.32. The summed E-state index contributed by atoms with van der Waals surface area (Å²) in [4.78, 5) is 1.81. The van der Waals surface area contributed by atoms with Crippen molar-refractivity contribution in [3.05, 3.63) is 0 Å². The summed E-state index contributed by atoms with van der Waals surface area (Å²) in [6, 6.07) is 1.90. The summed E-state index contributed by atoms with van der Waals surface area (Å²) >= 11 is 5.51. The van der Waals surface area contributed by atoms with Gasteiger partial charge in [-0.05, 0) is 7.05 Å². The molecule has 0 aromatic rings. The fourth-order valence-electron chi connectivity index (χ4n) is 0.576. The van der Waals surface area contributed by atoms with Crippen LogP contribution in [-0.2, 0) is 0 Å². The average molecular weight is 163 g/mol. The predicted molar refractivity (Wildman–Crippen MR) is 39.8 cm³/mol. The Labute approximate surface area is 65.8 Å². The van der Waals surface area contributed by atoms with Crippen LogP contribution in [0.15, 0.2) is 0 Å². The van der Waals surface area contributed by atoms with Gasteiger partial charge in [0.1, 0.15) is 5.38 Å². The molecule has 1 atom stereocenters. The molecule has 0 aliphatic heterocycles. The molecule has 0 saturated heterocycles. The first-order chi connectivity index (χ1) is 4.70. The van der Waals surface area contributed by atoms with Crippen molar-refractivity contribution in [2.24, 2.45) is 0 Å². The predicted octanol–water partition coefficient (Wildman–Crippen LogP) is 0.0415. The number of hydrogen-bond acceptors (Lipinski definition) is 3. The maximum Gasteiger partial charge on any atom is 0.133 e. The molecule has 3 nitrogen and oxygen atoms in total. The highest BCUT2D eigenvalue weighted by molar-refractivity contribution is 6.22. The van der Waals surface area contributed by atoms with Gasteiger partial charge in [-0.2, -0.15) is 5.26 Å². The molecule has 0 rings (SSSR count). The second-order valence-corrected chi connectivity index (χ2v) is 2.61. The van der Waals surface area contributed by atoms with E-state index in [9.17, 15) is 0 Å². The summed E-state index contributed by atoms with van der Waals surface area (Å²) in [5, 5.41) is 16.3. The maximum absolute atomic E-state index is 8.45. The third-order valence-corrected chi connectivity index (χ3v) is 1.33. The van der Waals surface area contributed by atoms with Crippen LogP contribution in [0.5, 0.6) is 0 Å². The van der Waals surface area contributed by atoms with Gasteiger partial charge in [-0.15, -0.1) is 11.6 Å². The van der Waals surface area contributed by atoms with Crippen LogP contribution in [-0.4, -0.2) is 42.1 Å². The summed E-state index contributed by atoms with van der Waals surface area (Å²) in [6.07, 6.45) is 0. The van der Waals surface area contributed by atoms with Crippen LogP contribution >= 0.6 is 11.6 Å². The third kappa shape index (κ3) is 4.57. The Morgan fingerprint density at radius 2 is 2.40 bits per heavy atom. The lowest BCUT2D eigenvalue weighted by Gasteiger charge is -2.14. The molecule has 0 fully saturated rings. The average Bonchev–Trinajstić information content (AvgIpc) is 1.88. The van der Waals surface area contributed by atoms with E-state index in [-0.39, 0.29) is 6.61 Å². The zero-order valence-electron chi connectivity index (χ0n) is 5.92. The van der Waals surface area contributed by atoms with Gasteiger partial charge >= 0.3 is 0 Å². The van der Waals surface area contributed by atoms with E-state index in [0.717, 1.165) is 0 Å². The van der Waals surface area contributed by atoms with E-state index < -0.39 is 5.38 Å². The van der Waals surface area contributed by atoms with Gasteiger partial charge in [0.15, 0.2) is 0 Å². The number of halogens is 1. The number of alkyl halides is 1. The molecule has 0 heterocycles. The van der Waals surface area contributed by atoms with Crippen LogP contribution in [0.25, 0.3) is 0 Å². The van der Waals surface area contributed by atoms with E-state index in [0.29, 0.717) is 13.1 Å². The van der Waals surface area contributed by atoms with Crippen molar-refractivity contribution in [1.29, 1.82) is 5.26 Å². The highest BCUT2D eigenvalue weighted by Crippen LogP contribution is 1.95. The van der Waals surface area contributed by atoms with Gasteiger partial charge < -0.3 is 10.0 Å². The van der Waals surface area contributed by atoms with Crippen molar-refractivity contribution in [3.63, 3.8) is 0 Å². The zero-order valence-corrected chi connectivity index (χ0v) is 6.67. The number of aliphatic hydroxyl groups is 1. The first kappa shape index (κ1) is 9.70. The van der Waals surface area contributed by atoms with Crippen molar-refractivity contribution in [3.8, 4) is 6.07 Å². The molecule has 58 valence electrons. The summed E-state index contributed by atoms with van der Waals surface area (Å²) < 4.78 is 0. The number of rotatable bonds is 4. The van der Waals surface area contributed by atoms with Crippen LogP contribution in [0.1, 0.15) is 0 Å². The molecule has 10 heavy (non-hydrogen) atoms. The minimum absolute atomic E-state index is 0.103. The van der Waals surface area contributed by atoms with Crippen LogP contribution in [0.3, 0.4) is 0 Å². The van der Waals surface area contributed by atoms with E-state index in [4.69, 9.17) is 22.0 Å². The van der Waals surface area contributed by atoms with E-state index in [2.05, 4.69) is 0 Å². The molecule has 0 aliphatic rings. The smallest absolute Gasteiger partial charge is 0.133 e. The molecule has 1 N–H and O–H groups in total. The van der Waals surface area contributed by atoms with Crippen LogP contribution in [0, 0.1) is 11.3 Å². The van der Waals surface area contributed by atoms with Gasteiger partial charge in [0.05, 0.1) is 12.7 Å². The van der Waals surface area contributed by atoms with Gasteiger partial charge in [0.25, 0.3) is 0 Å². The van der Waals surface area contributed by atoms with E-state index in [1.807, 2.05) is 13.1 Å². The topological polar surface area (TPSA) is 47.3 Å². The standard InChI is InChI=1S/C6H11ClN2O/c1-9(2-3-10)5-6(7)4-8/h6,10H,2-3,5H2,1H3. The molecule has 4 heteroatoms. The van der Waals surface area contributed by atoms with Gasteiger partial charge in [0.2, 0.25) is 0 Å². The van der Waals surface area contributed by atoms with Crippen LogP contribution in [0.4, 0.5) is 0 Å². The summed E-state index contributed by atoms with van der Waals surface area (Å²) in [7, 11) is 1.81. The molecular formula is C6H11ClN2O. The molecule has 0 aliphatic carbocycles. The van der Waals surface area contributed by atoms with Crippen molar-refractivity contribution in [2.75, 3.05) is 26.7 Å². The molecule has 1 unspecified atom stereocenters. The van der Waals surface area contributed by atoms with Crippen molar-refractivity contribution < 1.29 is 5.11 Å². The Bertz CT molecular complexity index is 123. The third-order valence-electron chi connectivity index (χ3n) is 1.09. The Morgan fingerprint density at radius 3 is 2.80 bits per heavy atom. The summed E-state index contributed by atoms with van der Waals surface area (Å²) in [5.74, 6) is 0. The van der Waals surface area contributed by atoms with E-state index >= 15 is 0 Å². The fourth-order valence-corrected chi connectivity index (χ4v) is 0.812. The van der Waals surface area contributed by atoms with Gasteiger partial charge in [-0.3, -0.25) is 0 Å². The number of likely N-dealkylation sites (N-methyl/N-ethyl adjacent to an activating group) is 1. The van der Waals surface area contributed by atoms with Crippen molar-refractivity contribution in [1.82, 2.24) is 4.90 Å². The summed E-state index contributed by atoms with van der Waals surface area (Å²) in [6.45, 7) is 1.16. The largest absolute Gasteiger partial charge is 0.395 e. The monoisotopic (exact) mass is 162 g/mol. The Hall–Kier alpha value is -0.300. The molecule has 0 saturated carbocycles. The number of hydrogen-bond donors (Lipinski definition) is 1. The van der Waals surface area contributed by atoms with E-state index in [1.54, 1.807) is 4.90 Å². The number of nitrogens with zero attached hydrogens (tertiary/aromatic N) is 2. The first-order valence-electron chi connectivity index (χ1n) is 3.03. The first-order valence-corrected chi connectivity index (χ1v) is 3.47. The van der Waals surface area contributed by atoms with Crippen molar-refractivity contribution >= 4 is 11.6 Å². The molecule has 0 aromatic carbocycles. The van der Waals surface area contributed by atoms with Crippen LogP contribution < -0.4 is 0 Å². The lowest BCUT2D eigenvalue weighted by molar-refractivity contribution is 0.224. The highest BCUT2D eigenvalue weighted by Gasteiger charge is 2.04. The lowest BCUT2D eigenvalue weighted by atomic mass is 10.4. The molecule has 0 spiro atoms. The Morgan fingerprint density at radius 1 is 1.80 bits per heavy atom. The number of aliphatic hydroxyl groups excluding tert-OH is 1. The number of nitriles is 1. The SMILES string of the molecule is CN(CCO)CC(Cl)C#N.